The predicted octanol–water partition coefficient (Wildman–Crippen LogP) is 7.38. The predicted molar refractivity (Wildman–Crippen MR) is 149 cm³/mol. The van der Waals surface area contributed by atoms with E-state index in [0.29, 0.717) is 22.0 Å². The van der Waals surface area contributed by atoms with Crippen molar-refractivity contribution in [2.45, 2.75) is 77.0 Å². The van der Waals surface area contributed by atoms with E-state index in [4.69, 9.17) is 23.2 Å². The summed E-state index contributed by atoms with van der Waals surface area (Å²) in [5.74, 6) is -0.170. The lowest BCUT2D eigenvalue weighted by molar-refractivity contribution is -0.139. The molecule has 6 rings (SSSR count). The Bertz CT molecular complexity index is 1280. The molecule has 4 saturated carbocycles. The minimum atomic E-state index is -0.681. The molecule has 0 spiro atoms. The summed E-state index contributed by atoms with van der Waals surface area (Å²) < 4.78 is 0. The topological polar surface area (TPSA) is 68.3 Å². The van der Waals surface area contributed by atoms with Gasteiger partial charge < -0.3 is 0 Å². The third-order valence-corrected chi connectivity index (χ3v) is 9.72. The molecule has 200 valence electrons. The Morgan fingerprint density at radius 1 is 0.711 bits per heavy atom. The standard InChI is InChI=1S/C16H16Cl2O2.C16H18O2/c17-10-5-6-12(13(18)8-10)15-14(19)7-9-3-1-2-4-11(9)16(15)20;1-9-3-6-13(10(2)7-9)14-15(17)11-4-5-12(8-11)16(14)18/h5-6,8-9,11,15H,1-4,7H2;3,6-7,11-12,14H,4-5,8H2,1-2H3. The number of hydrogen-bond donors (Lipinski definition) is 0. The maximum absolute atomic E-state index is 12.7. The third-order valence-electron chi connectivity index (χ3n) is 9.16. The second kappa shape index (κ2) is 11.1. The van der Waals surface area contributed by atoms with Crippen LogP contribution in [0.2, 0.25) is 10.0 Å². The molecule has 38 heavy (non-hydrogen) atoms. The van der Waals surface area contributed by atoms with Crippen LogP contribution in [0.3, 0.4) is 0 Å². The number of carbonyl (C=O) groups is 4. The van der Waals surface area contributed by atoms with Gasteiger partial charge in [0.1, 0.15) is 17.6 Å². The second-order valence-corrected chi connectivity index (χ2v) is 12.5. The van der Waals surface area contributed by atoms with Crippen LogP contribution in [0.1, 0.15) is 85.5 Å². The molecule has 2 aromatic rings. The molecule has 0 aromatic heterocycles. The zero-order valence-corrected chi connectivity index (χ0v) is 23.5. The van der Waals surface area contributed by atoms with Crippen LogP contribution in [0, 0.1) is 37.5 Å². The average molecular weight is 554 g/mol. The van der Waals surface area contributed by atoms with E-state index in [1.807, 2.05) is 26.0 Å². The Hall–Kier alpha value is -2.30. The van der Waals surface area contributed by atoms with Gasteiger partial charge in [-0.25, -0.2) is 0 Å². The average Bonchev–Trinajstić information content (AvgIpc) is 3.33. The molecule has 5 unspecified atom stereocenters. The lowest BCUT2D eigenvalue weighted by atomic mass is 9.65. The Kier molecular flexibility index (Phi) is 7.94. The Morgan fingerprint density at radius 2 is 1.37 bits per heavy atom. The van der Waals surface area contributed by atoms with E-state index in [2.05, 4.69) is 6.07 Å². The molecule has 5 atom stereocenters. The fourth-order valence-corrected chi connectivity index (χ4v) is 7.72. The van der Waals surface area contributed by atoms with Gasteiger partial charge in [-0.3, -0.25) is 19.2 Å². The highest BCUT2D eigenvalue weighted by molar-refractivity contribution is 6.35. The molecule has 4 fully saturated rings. The summed E-state index contributed by atoms with van der Waals surface area (Å²) in [6.45, 7) is 4.03. The summed E-state index contributed by atoms with van der Waals surface area (Å²) >= 11 is 12.1. The fraction of sp³-hybridized carbons (Fsp3) is 0.500. The van der Waals surface area contributed by atoms with Crippen molar-refractivity contribution in [2.24, 2.45) is 23.7 Å². The number of hydrogen-bond acceptors (Lipinski definition) is 4. The molecule has 0 N–H and O–H groups in total. The summed E-state index contributed by atoms with van der Waals surface area (Å²) in [4.78, 5) is 49.9. The van der Waals surface area contributed by atoms with Crippen LogP contribution >= 0.6 is 23.2 Å². The van der Waals surface area contributed by atoms with Crippen LogP contribution in [0.5, 0.6) is 0 Å². The quantitative estimate of drug-likeness (QED) is 0.364. The van der Waals surface area contributed by atoms with Gasteiger partial charge in [-0.1, -0.05) is 65.9 Å². The lowest BCUT2D eigenvalue weighted by Crippen LogP contribution is -2.41. The molecule has 0 heterocycles. The van der Waals surface area contributed by atoms with E-state index in [9.17, 15) is 19.2 Å². The van der Waals surface area contributed by atoms with Crippen LogP contribution < -0.4 is 0 Å². The van der Waals surface area contributed by atoms with Crippen molar-refractivity contribution in [1.29, 1.82) is 0 Å². The molecule has 2 aromatic carbocycles. The third kappa shape index (κ3) is 5.14. The van der Waals surface area contributed by atoms with Gasteiger partial charge in [0, 0.05) is 34.2 Å². The number of ketones is 4. The molecule has 0 saturated heterocycles. The van der Waals surface area contributed by atoms with E-state index < -0.39 is 11.8 Å². The first-order valence-electron chi connectivity index (χ1n) is 13.8. The van der Waals surface area contributed by atoms with Gasteiger partial charge in [0.2, 0.25) is 0 Å². The van der Waals surface area contributed by atoms with E-state index in [0.717, 1.165) is 56.1 Å². The van der Waals surface area contributed by atoms with Crippen molar-refractivity contribution in [2.75, 3.05) is 0 Å². The van der Waals surface area contributed by atoms with Crippen LogP contribution in [-0.4, -0.2) is 23.1 Å². The lowest BCUT2D eigenvalue weighted by Gasteiger charge is -2.37. The molecule has 0 radical (unpaired) electrons. The molecule has 4 aliphatic carbocycles. The van der Waals surface area contributed by atoms with E-state index in [-0.39, 0.29) is 46.8 Å². The van der Waals surface area contributed by atoms with Crippen molar-refractivity contribution >= 4 is 46.3 Å². The summed E-state index contributed by atoms with van der Waals surface area (Å²) in [6.07, 6.45) is 7.28. The Morgan fingerprint density at radius 3 is 2.03 bits per heavy atom. The molecular weight excluding hydrogens is 519 g/mol. The maximum atomic E-state index is 12.7. The summed E-state index contributed by atoms with van der Waals surface area (Å²) in [5, 5.41) is 0.934. The SMILES string of the molecule is Cc1ccc(C2C(=O)C3CCC(C3)C2=O)c(C)c1.O=C1CC2CCCCC2C(=O)C1c1ccc(Cl)cc1Cl. The zero-order valence-electron chi connectivity index (χ0n) is 22.0. The number of rotatable bonds is 2. The summed E-state index contributed by atoms with van der Waals surface area (Å²) in [7, 11) is 0. The van der Waals surface area contributed by atoms with Gasteiger partial charge in [-0.15, -0.1) is 0 Å². The molecule has 6 heteroatoms. The van der Waals surface area contributed by atoms with E-state index in [1.54, 1.807) is 18.2 Å². The molecule has 0 aliphatic heterocycles. The highest BCUT2D eigenvalue weighted by Crippen LogP contribution is 2.45. The first kappa shape index (κ1) is 27.3. The maximum Gasteiger partial charge on any atom is 0.151 e. The first-order chi connectivity index (χ1) is 18.2. The van der Waals surface area contributed by atoms with Crippen LogP contribution in [-0.2, 0) is 19.2 Å². The Balaban J connectivity index is 0.000000156. The largest absolute Gasteiger partial charge is 0.299 e. The van der Waals surface area contributed by atoms with Gasteiger partial charge in [0.25, 0.3) is 0 Å². The molecular formula is C32H34Cl2O4. The van der Waals surface area contributed by atoms with Gasteiger partial charge in [0.15, 0.2) is 17.3 Å². The van der Waals surface area contributed by atoms with Crippen molar-refractivity contribution in [1.82, 2.24) is 0 Å². The van der Waals surface area contributed by atoms with Crippen molar-refractivity contribution in [3.8, 4) is 0 Å². The van der Waals surface area contributed by atoms with Gasteiger partial charge in [0.05, 0.1) is 0 Å². The number of aryl methyl sites for hydroxylation is 2. The zero-order chi connectivity index (χ0) is 27.1. The van der Waals surface area contributed by atoms with Crippen LogP contribution in [0.15, 0.2) is 36.4 Å². The summed E-state index contributed by atoms with van der Waals surface area (Å²) in [5.41, 5.74) is 3.81. The van der Waals surface area contributed by atoms with Gasteiger partial charge >= 0.3 is 0 Å². The van der Waals surface area contributed by atoms with Crippen molar-refractivity contribution in [3.63, 3.8) is 0 Å². The number of fused-ring (bicyclic) bond motifs is 3. The van der Waals surface area contributed by atoms with Crippen molar-refractivity contribution < 1.29 is 19.2 Å². The van der Waals surface area contributed by atoms with E-state index in [1.165, 1.54) is 5.56 Å². The second-order valence-electron chi connectivity index (χ2n) is 11.6. The smallest absolute Gasteiger partial charge is 0.151 e. The highest BCUT2D eigenvalue weighted by Gasteiger charge is 2.48. The van der Waals surface area contributed by atoms with Gasteiger partial charge in [-0.2, -0.15) is 0 Å². The van der Waals surface area contributed by atoms with Crippen LogP contribution in [0.25, 0.3) is 0 Å². The molecule has 0 amide bonds. The summed E-state index contributed by atoms with van der Waals surface area (Å²) in [6, 6.07) is 11.0. The number of benzene rings is 2. The monoisotopic (exact) mass is 552 g/mol. The van der Waals surface area contributed by atoms with Crippen molar-refractivity contribution in [3.05, 3.63) is 68.7 Å². The highest BCUT2D eigenvalue weighted by atomic mass is 35.5. The minimum absolute atomic E-state index is 0.0161. The van der Waals surface area contributed by atoms with E-state index >= 15 is 0 Å². The number of Topliss-reactive ketones (excluding diaryl/α,β-unsaturated/α-hetero) is 4. The molecule has 4 aliphatic rings. The molecule has 4 nitrogen and oxygen atoms in total. The number of carbonyl (C=O) groups excluding carboxylic acids is 4. The number of halogens is 2. The Labute approximate surface area is 234 Å². The molecule has 2 bridgehead atoms. The fourth-order valence-electron chi connectivity index (χ4n) is 7.20. The normalized spacial score (nSPS) is 30.5. The van der Waals surface area contributed by atoms with Crippen LogP contribution in [0.4, 0.5) is 0 Å². The minimum Gasteiger partial charge on any atom is -0.299 e. The first-order valence-corrected chi connectivity index (χ1v) is 14.6. The van der Waals surface area contributed by atoms with Gasteiger partial charge in [-0.05, 0) is 80.7 Å².